The molecule has 0 aliphatic heterocycles. The first-order chi connectivity index (χ1) is 19.6. The molecule has 41 heavy (non-hydrogen) atoms. The van der Waals surface area contributed by atoms with Crippen molar-refractivity contribution in [2.24, 2.45) is 11.8 Å². The third-order valence-corrected chi connectivity index (χ3v) is 15.5. The lowest BCUT2D eigenvalue weighted by Gasteiger charge is -2.41. The highest BCUT2D eigenvalue weighted by Gasteiger charge is 2.51. The first-order valence-corrected chi connectivity index (χ1v) is 19.2. The standard InChI is InChI=1S/C40H48Si/c1-25(2)31-21-33(29-15-11-9-12-16-29)35-19-27(5)39(37(35)23-31)41(7,8)40-28(6)20-36-34(30-17-13-10-14-18-30)22-32(26(3)4)24-38(36)40/h9-18,21-28,39-40H,19-20H2,1-8H3. The van der Waals surface area contributed by atoms with Crippen molar-refractivity contribution in [1.82, 2.24) is 0 Å². The van der Waals surface area contributed by atoms with Gasteiger partial charge in [-0.2, -0.15) is 0 Å². The maximum atomic E-state index is 2.74. The van der Waals surface area contributed by atoms with Crippen LogP contribution in [0.5, 0.6) is 0 Å². The Hall–Kier alpha value is -2.90. The molecule has 4 aromatic carbocycles. The third kappa shape index (κ3) is 4.85. The molecule has 1 heteroatoms. The Balaban J connectivity index is 1.51. The van der Waals surface area contributed by atoms with Gasteiger partial charge in [-0.1, -0.05) is 140 Å². The molecule has 0 saturated carbocycles. The van der Waals surface area contributed by atoms with Gasteiger partial charge in [-0.3, -0.25) is 0 Å². The smallest absolute Gasteiger partial charge is 0.0634 e. The summed E-state index contributed by atoms with van der Waals surface area (Å²) in [4.78, 5) is 0. The Morgan fingerprint density at radius 2 is 0.927 bits per heavy atom. The van der Waals surface area contributed by atoms with Crippen LogP contribution < -0.4 is 0 Å². The molecular weight excluding hydrogens is 509 g/mol. The largest absolute Gasteiger partial charge is 0.0684 e. The molecule has 0 N–H and O–H groups in total. The quantitative estimate of drug-likeness (QED) is 0.207. The number of benzene rings is 4. The van der Waals surface area contributed by atoms with Crippen molar-refractivity contribution in [3.63, 3.8) is 0 Å². The monoisotopic (exact) mass is 556 g/mol. The van der Waals surface area contributed by atoms with Gasteiger partial charge >= 0.3 is 0 Å². The zero-order chi connectivity index (χ0) is 29.1. The molecule has 0 heterocycles. The van der Waals surface area contributed by atoms with Gasteiger partial charge in [-0.05, 0) is 103 Å². The minimum atomic E-state index is -1.83. The van der Waals surface area contributed by atoms with Gasteiger partial charge in [-0.25, -0.2) is 0 Å². The van der Waals surface area contributed by atoms with Crippen molar-refractivity contribution in [3.8, 4) is 22.3 Å². The van der Waals surface area contributed by atoms with Gasteiger partial charge < -0.3 is 0 Å². The third-order valence-electron chi connectivity index (χ3n) is 10.6. The average molecular weight is 557 g/mol. The molecule has 0 radical (unpaired) electrons. The zero-order valence-electron chi connectivity index (χ0n) is 26.5. The summed E-state index contributed by atoms with van der Waals surface area (Å²) in [6.07, 6.45) is 2.41. The lowest BCUT2D eigenvalue weighted by Crippen LogP contribution is -2.45. The van der Waals surface area contributed by atoms with Crippen LogP contribution in [0.4, 0.5) is 0 Å². The molecule has 0 amide bonds. The first-order valence-electron chi connectivity index (χ1n) is 16.0. The highest BCUT2D eigenvalue weighted by molar-refractivity contribution is 6.80. The molecule has 2 aliphatic rings. The van der Waals surface area contributed by atoms with E-state index in [4.69, 9.17) is 0 Å². The van der Waals surface area contributed by atoms with E-state index in [2.05, 4.69) is 140 Å². The predicted molar refractivity (Wildman–Crippen MR) is 181 cm³/mol. The topological polar surface area (TPSA) is 0 Å². The normalized spacial score (nSPS) is 21.9. The average Bonchev–Trinajstić information content (AvgIpc) is 3.48. The summed E-state index contributed by atoms with van der Waals surface area (Å²) in [6.45, 7) is 20.1. The number of rotatable bonds is 6. The molecule has 0 saturated heterocycles. The maximum absolute atomic E-state index is 2.74. The summed E-state index contributed by atoms with van der Waals surface area (Å²) in [5.41, 5.74) is 16.7. The van der Waals surface area contributed by atoms with Crippen LogP contribution in [0.2, 0.25) is 13.1 Å². The summed E-state index contributed by atoms with van der Waals surface area (Å²) >= 11 is 0. The van der Waals surface area contributed by atoms with Gasteiger partial charge in [0.2, 0.25) is 0 Å². The highest BCUT2D eigenvalue weighted by Crippen LogP contribution is 2.56. The molecule has 0 spiro atoms. The molecule has 0 bridgehead atoms. The fourth-order valence-corrected chi connectivity index (χ4v) is 14.5. The van der Waals surface area contributed by atoms with Crippen LogP contribution in [-0.2, 0) is 12.8 Å². The fraction of sp³-hybridized carbons (Fsp3) is 0.400. The van der Waals surface area contributed by atoms with Crippen molar-refractivity contribution < 1.29 is 0 Å². The second-order valence-corrected chi connectivity index (χ2v) is 19.3. The predicted octanol–water partition coefficient (Wildman–Crippen LogP) is 11.3. The van der Waals surface area contributed by atoms with Crippen molar-refractivity contribution in [1.29, 1.82) is 0 Å². The van der Waals surface area contributed by atoms with E-state index in [1.807, 2.05) is 0 Å². The highest BCUT2D eigenvalue weighted by atomic mass is 28.3. The van der Waals surface area contributed by atoms with E-state index in [0.717, 1.165) is 0 Å². The van der Waals surface area contributed by atoms with E-state index in [9.17, 15) is 0 Å². The van der Waals surface area contributed by atoms with Crippen LogP contribution >= 0.6 is 0 Å². The van der Waals surface area contributed by atoms with Crippen LogP contribution in [0.3, 0.4) is 0 Å². The summed E-state index contributed by atoms with van der Waals surface area (Å²) in [5, 5.41) is 0. The van der Waals surface area contributed by atoms with Crippen LogP contribution in [0.1, 0.15) is 97.8 Å². The van der Waals surface area contributed by atoms with Crippen LogP contribution in [0, 0.1) is 11.8 Å². The van der Waals surface area contributed by atoms with Crippen molar-refractivity contribution in [2.45, 2.75) is 90.4 Å². The van der Waals surface area contributed by atoms with Gasteiger partial charge in [0.15, 0.2) is 0 Å². The van der Waals surface area contributed by atoms with Gasteiger partial charge in [0.1, 0.15) is 0 Å². The van der Waals surface area contributed by atoms with Gasteiger partial charge in [0.05, 0.1) is 8.07 Å². The molecule has 4 unspecified atom stereocenters. The van der Waals surface area contributed by atoms with E-state index in [0.29, 0.717) is 34.8 Å². The van der Waals surface area contributed by atoms with Crippen LogP contribution in [0.25, 0.3) is 22.3 Å². The van der Waals surface area contributed by atoms with E-state index in [1.165, 1.54) is 46.2 Å². The Bertz CT molecular complexity index is 1430. The Morgan fingerprint density at radius 1 is 0.561 bits per heavy atom. The summed E-state index contributed by atoms with van der Waals surface area (Å²) in [7, 11) is -1.83. The molecule has 0 nitrogen and oxygen atoms in total. The minimum absolute atomic E-state index is 0.525. The SMILES string of the molecule is CC(C)c1cc(-c2ccccc2)c2c(c1)C([Si](C)(C)C1c3cc(C(C)C)cc(-c4ccccc4)c3CC1C)C(C)C2. The summed E-state index contributed by atoms with van der Waals surface area (Å²) in [5.74, 6) is 2.40. The van der Waals surface area contributed by atoms with E-state index in [-0.39, 0.29) is 0 Å². The fourth-order valence-electron chi connectivity index (χ4n) is 8.82. The van der Waals surface area contributed by atoms with Crippen LogP contribution in [0.15, 0.2) is 84.9 Å². The van der Waals surface area contributed by atoms with Gasteiger partial charge in [0.25, 0.3) is 0 Å². The Kier molecular flexibility index (Phi) is 7.39. The lowest BCUT2D eigenvalue weighted by atomic mass is 9.90. The van der Waals surface area contributed by atoms with E-state index in [1.54, 1.807) is 22.3 Å². The minimum Gasteiger partial charge on any atom is -0.0684 e. The number of fused-ring (bicyclic) bond motifs is 2. The summed E-state index contributed by atoms with van der Waals surface area (Å²) < 4.78 is 0. The molecule has 4 atom stereocenters. The van der Waals surface area contributed by atoms with E-state index >= 15 is 0 Å². The molecular formula is C40H48Si. The first kappa shape index (κ1) is 28.2. The van der Waals surface area contributed by atoms with Gasteiger partial charge in [0, 0.05) is 0 Å². The van der Waals surface area contributed by atoms with Gasteiger partial charge in [-0.15, -0.1) is 0 Å². The zero-order valence-corrected chi connectivity index (χ0v) is 27.5. The molecule has 2 aliphatic carbocycles. The number of hydrogen-bond donors (Lipinski definition) is 0. The summed E-state index contributed by atoms with van der Waals surface area (Å²) in [6, 6.07) is 32.6. The van der Waals surface area contributed by atoms with Crippen molar-refractivity contribution in [3.05, 3.63) is 118 Å². The second-order valence-electron chi connectivity index (χ2n) is 14.5. The maximum Gasteiger partial charge on any atom is 0.0634 e. The van der Waals surface area contributed by atoms with Crippen LogP contribution in [-0.4, -0.2) is 8.07 Å². The van der Waals surface area contributed by atoms with E-state index < -0.39 is 8.07 Å². The Morgan fingerprint density at radius 3 is 1.27 bits per heavy atom. The molecule has 212 valence electrons. The Labute approximate surface area is 250 Å². The van der Waals surface area contributed by atoms with Crippen molar-refractivity contribution >= 4 is 8.07 Å². The molecule has 0 fully saturated rings. The lowest BCUT2D eigenvalue weighted by molar-refractivity contribution is 0.543. The molecule has 0 aromatic heterocycles. The second kappa shape index (κ2) is 10.7. The molecule has 6 rings (SSSR count). The van der Waals surface area contributed by atoms with Crippen molar-refractivity contribution in [2.75, 3.05) is 0 Å². The molecule has 4 aromatic rings. The number of hydrogen-bond acceptors (Lipinski definition) is 0.